The highest BCUT2D eigenvalue weighted by atomic mass is 35.5. The van der Waals surface area contributed by atoms with Gasteiger partial charge in [0.1, 0.15) is 5.75 Å². The number of phenols is 1. The van der Waals surface area contributed by atoms with Gasteiger partial charge in [-0.2, -0.15) is 5.10 Å². The van der Waals surface area contributed by atoms with E-state index in [0.717, 1.165) is 5.56 Å². The molecule has 0 aliphatic heterocycles. The molecule has 2 aromatic carbocycles. The van der Waals surface area contributed by atoms with E-state index in [2.05, 4.69) is 15.8 Å². The highest BCUT2D eigenvalue weighted by molar-refractivity contribution is 7.80. The quantitative estimate of drug-likeness (QED) is 0.449. The lowest BCUT2D eigenvalue weighted by Crippen LogP contribution is -2.24. The van der Waals surface area contributed by atoms with Gasteiger partial charge >= 0.3 is 0 Å². The molecule has 2 aromatic rings. The van der Waals surface area contributed by atoms with Gasteiger partial charge in [0.05, 0.1) is 16.9 Å². The van der Waals surface area contributed by atoms with Crippen LogP contribution in [0, 0.1) is 0 Å². The first-order chi connectivity index (χ1) is 10.0. The largest absolute Gasteiger partial charge is 0.508 e. The molecule has 0 radical (unpaired) electrons. The second kappa shape index (κ2) is 7.26. The highest BCUT2D eigenvalue weighted by Gasteiger charge is 2.02. The van der Waals surface area contributed by atoms with Crippen molar-refractivity contribution in [2.45, 2.75) is 0 Å². The number of aromatic hydroxyl groups is 1. The Bertz CT molecular complexity index is 674. The summed E-state index contributed by atoms with van der Waals surface area (Å²) in [5.41, 5.74) is 4.14. The zero-order valence-electron chi connectivity index (χ0n) is 10.7. The van der Waals surface area contributed by atoms with Gasteiger partial charge in [-0.3, -0.25) is 5.43 Å². The Labute approximate surface area is 137 Å². The molecular weight excluding hydrogens is 329 g/mol. The Morgan fingerprint density at radius 2 is 1.86 bits per heavy atom. The molecule has 3 N–H and O–H groups in total. The number of hydrazone groups is 1. The minimum Gasteiger partial charge on any atom is -0.508 e. The lowest BCUT2D eigenvalue weighted by Gasteiger charge is -2.08. The van der Waals surface area contributed by atoms with Gasteiger partial charge < -0.3 is 10.4 Å². The lowest BCUT2D eigenvalue weighted by molar-refractivity contribution is 0.475. The van der Waals surface area contributed by atoms with E-state index in [1.54, 1.807) is 48.7 Å². The molecule has 4 nitrogen and oxygen atoms in total. The number of thiocarbonyl (C=S) groups is 1. The molecule has 0 aliphatic carbocycles. The number of halogens is 2. The zero-order chi connectivity index (χ0) is 15.2. The van der Waals surface area contributed by atoms with Crippen LogP contribution < -0.4 is 10.7 Å². The molecule has 0 aliphatic rings. The van der Waals surface area contributed by atoms with Crippen molar-refractivity contribution in [3.05, 3.63) is 58.1 Å². The van der Waals surface area contributed by atoms with Crippen molar-refractivity contribution >= 4 is 52.4 Å². The summed E-state index contributed by atoms with van der Waals surface area (Å²) in [4.78, 5) is 0. The molecule has 0 spiro atoms. The fourth-order valence-corrected chi connectivity index (χ4v) is 2.09. The summed E-state index contributed by atoms with van der Waals surface area (Å²) in [6, 6.07) is 11.7. The van der Waals surface area contributed by atoms with Gasteiger partial charge in [-0.15, -0.1) is 0 Å². The van der Waals surface area contributed by atoms with Crippen molar-refractivity contribution in [1.29, 1.82) is 0 Å². The molecule has 0 heterocycles. The molecule has 0 bridgehead atoms. The van der Waals surface area contributed by atoms with Gasteiger partial charge in [-0.25, -0.2) is 0 Å². The number of rotatable bonds is 3. The van der Waals surface area contributed by atoms with Crippen LogP contribution in [-0.4, -0.2) is 16.4 Å². The van der Waals surface area contributed by atoms with Gasteiger partial charge in [0, 0.05) is 5.02 Å². The third-order valence-electron chi connectivity index (χ3n) is 2.45. The van der Waals surface area contributed by atoms with E-state index >= 15 is 0 Å². The molecule has 108 valence electrons. The average molecular weight is 340 g/mol. The van der Waals surface area contributed by atoms with Crippen LogP contribution in [0.5, 0.6) is 5.75 Å². The van der Waals surface area contributed by atoms with E-state index in [-0.39, 0.29) is 5.75 Å². The van der Waals surface area contributed by atoms with Crippen molar-refractivity contribution in [3.8, 4) is 5.75 Å². The summed E-state index contributed by atoms with van der Waals surface area (Å²) in [5.74, 6) is 0.203. The molecule has 0 fully saturated rings. The molecule has 2 rings (SSSR count). The van der Waals surface area contributed by atoms with Crippen molar-refractivity contribution in [1.82, 2.24) is 5.43 Å². The molecule has 0 unspecified atom stereocenters. The topological polar surface area (TPSA) is 56.7 Å². The number of nitrogens with zero attached hydrogens (tertiary/aromatic N) is 1. The average Bonchev–Trinajstić information content (AvgIpc) is 2.44. The van der Waals surface area contributed by atoms with E-state index in [9.17, 15) is 0 Å². The normalized spacial score (nSPS) is 10.6. The summed E-state index contributed by atoms with van der Waals surface area (Å²) in [6.45, 7) is 0. The molecule has 7 heteroatoms. The van der Waals surface area contributed by atoms with E-state index < -0.39 is 0 Å². The van der Waals surface area contributed by atoms with Crippen molar-refractivity contribution in [2.75, 3.05) is 5.32 Å². The fourth-order valence-electron chi connectivity index (χ4n) is 1.47. The van der Waals surface area contributed by atoms with Gasteiger partial charge in [-0.05, 0) is 60.2 Å². The first kappa shape index (κ1) is 15.6. The molecule has 0 amide bonds. The van der Waals surface area contributed by atoms with Crippen molar-refractivity contribution in [2.24, 2.45) is 5.10 Å². The minimum absolute atomic E-state index is 0.203. The van der Waals surface area contributed by atoms with Crippen LogP contribution >= 0.6 is 35.4 Å². The maximum atomic E-state index is 9.17. The predicted molar refractivity (Wildman–Crippen MR) is 91.5 cm³/mol. The standard InChI is InChI=1S/C14H11Cl2N3OS/c15-10-3-6-13(12(16)7-10)18-14(21)19-17-8-9-1-4-11(20)5-2-9/h1-8,20H,(H2,18,19,21)/b17-8-. The number of hydrogen-bond donors (Lipinski definition) is 3. The molecule has 0 aromatic heterocycles. The summed E-state index contributed by atoms with van der Waals surface area (Å²) in [5, 5.41) is 17.4. The second-order valence-electron chi connectivity index (χ2n) is 4.04. The van der Waals surface area contributed by atoms with Crippen LogP contribution in [0.1, 0.15) is 5.56 Å². The van der Waals surface area contributed by atoms with Crippen LogP contribution in [0.25, 0.3) is 0 Å². The van der Waals surface area contributed by atoms with Crippen LogP contribution in [0.4, 0.5) is 5.69 Å². The molecule has 0 atom stereocenters. The van der Waals surface area contributed by atoms with E-state index in [1.807, 2.05) is 0 Å². The Kier molecular flexibility index (Phi) is 5.38. The summed E-state index contributed by atoms with van der Waals surface area (Å²) in [7, 11) is 0. The van der Waals surface area contributed by atoms with Crippen LogP contribution in [-0.2, 0) is 0 Å². The van der Waals surface area contributed by atoms with E-state index in [0.29, 0.717) is 20.8 Å². The van der Waals surface area contributed by atoms with Crippen LogP contribution in [0.15, 0.2) is 47.6 Å². The predicted octanol–water partition coefficient (Wildman–Crippen LogP) is 4.02. The zero-order valence-corrected chi connectivity index (χ0v) is 13.0. The Morgan fingerprint density at radius 3 is 2.52 bits per heavy atom. The van der Waals surface area contributed by atoms with Crippen LogP contribution in [0.3, 0.4) is 0 Å². The third kappa shape index (κ3) is 4.90. The molecule has 0 saturated carbocycles. The molecule has 21 heavy (non-hydrogen) atoms. The maximum absolute atomic E-state index is 9.17. The first-order valence-electron chi connectivity index (χ1n) is 5.89. The monoisotopic (exact) mass is 339 g/mol. The van der Waals surface area contributed by atoms with Gasteiger partial charge in [0.15, 0.2) is 5.11 Å². The Balaban J connectivity index is 1.91. The third-order valence-corrected chi connectivity index (χ3v) is 3.19. The first-order valence-corrected chi connectivity index (χ1v) is 7.05. The summed E-state index contributed by atoms with van der Waals surface area (Å²) >= 11 is 16.9. The SMILES string of the molecule is Oc1ccc(/C=N\NC(=S)Nc2ccc(Cl)cc2Cl)cc1. The van der Waals surface area contributed by atoms with Gasteiger partial charge in [-0.1, -0.05) is 23.2 Å². The Morgan fingerprint density at radius 1 is 1.14 bits per heavy atom. The van der Waals surface area contributed by atoms with Gasteiger partial charge in [0.25, 0.3) is 0 Å². The smallest absolute Gasteiger partial charge is 0.191 e. The summed E-state index contributed by atoms with van der Waals surface area (Å²) < 4.78 is 0. The van der Waals surface area contributed by atoms with Crippen LogP contribution in [0.2, 0.25) is 10.0 Å². The lowest BCUT2D eigenvalue weighted by atomic mass is 10.2. The number of hydrogen-bond acceptors (Lipinski definition) is 3. The second-order valence-corrected chi connectivity index (χ2v) is 5.29. The number of benzene rings is 2. The highest BCUT2D eigenvalue weighted by Crippen LogP contribution is 2.25. The Hall–Kier alpha value is -1.82. The minimum atomic E-state index is 0.203. The van der Waals surface area contributed by atoms with Crippen molar-refractivity contribution in [3.63, 3.8) is 0 Å². The van der Waals surface area contributed by atoms with E-state index in [4.69, 9.17) is 40.5 Å². The maximum Gasteiger partial charge on any atom is 0.191 e. The fraction of sp³-hybridized carbons (Fsp3) is 0. The summed E-state index contributed by atoms with van der Waals surface area (Å²) in [6.07, 6.45) is 1.58. The van der Waals surface area contributed by atoms with E-state index in [1.165, 1.54) is 0 Å². The van der Waals surface area contributed by atoms with Gasteiger partial charge in [0.2, 0.25) is 0 Å². The number of phenolic OH excluding ortho intramolecular Hbond substituents is 1. The molecular formula is C14H11Cl2N3OS. The molecule has 0 saturated heterocycles. The number of nitrogens with one attached hydrogen (secondary N) is 2. The number of anilines is 1. The van der Waals surface area contributed by atoms with Crippen molar-refractivity contribution < 1.29 is 5.11 Å².